The van der Waals surface area contributed by atoms with Crippen LogP contribution in [0.1, 0.15) is 26.2 Å². The summed E-state index contributed by atoms with van der Waals surface area (Å²) < 4.78 is 4.86. The fourth-order valence-corrected chi connectivity index (χ4v) is 2.83. The maximum atomic E-state index is 11.1. The van der Waals surface area contributed by atoms with Crippen LogP contribution in [0, 0.1) is 0 Å². The van der Waals surface area contributed by atoms with Gasteiger partial charge in [0.05, 0.1) is 13.2 Å². The van der Waals surface area contributed by atoms with Crippen LogP contribution in [0.5, 0.6) is 0 Å². The second kappa shape index (κ2) is 6.30. The van der Waals surface area contributed by atoms with E-state index in [1.807, 2.05) is 18.7 Å². The number of carbonyl (C=O) groups excluding carboxylic acids is 1. The van der Waals surface area contributed by atoms with E-state index >= 15 is 0 Å². The highest BCUT2D eigenvalue weighted by Gasteiger charge is 2.26. The Balaban J connectivity index is 2.20. The quantitative estimate of drug-likeness (QED) is 0.707. The van der Waals surface area contributed by atoms with E-state index in [2.05, 4.69) is 11.6 Å². The lowest BCUT2D eigenvalue weighted by Gasteiger charge is -2.18. The molecule has 0 aromatic rings. The van der Waals surface area contributed by atoms with Gasteiger partial charge < -0.3 is 10.1 Å². The molecule has 0 aromatic carbocycles. The Morgan fingerprint density at radius 1 is 1.57 bits per heavy atom. The average molecular weight is 217 g/mol. The third-order valence-corrected chi connectivity index (χ3v) is 3.74. The van der Waals surface area contributed by atoms with Crippen molar-refractivity contribution in [2.45, 2.75) is 37.5 Å². The lowest BCUT2D eigenvalue weighted by Crippen LogP contribution is -2.38. The van der Waals surface area contributed by atoms with Crippen LogP contribution in [-0.4, -0.2) is 36.7 Å². The SMILES string of the molecule is CCOC(=O)CNC1CCCC1SC. The zero-order chi connectivity index (χ0) is 10.4. The summed E-state index contributed by atoms with van der Waals surface area (Å²) in [6.45, 7) is 2.66. The average Bonchev–Trinajstić information content (AvgIpc) is 2.62. The number of ether oxygens (including phenoxy) is 1. The molecule has 0 radical (unpaired) electrons. The largest absolute Gasteiger partial charge is 0.465 e. The fraction of sp³-hybridized carbons (Fsp3) is 0.900. The van der Waals surface area contributed by atoms with Gasteiger partial charge in [-0.1, -0.05) is 6.42 Å². The Labute approximate surface area is 90.0 Å². The lowest BCUT2D eigenvalue weighted by atomic mass is 10.2. The Morgan fingerprint density at radius 3 is 3.00 bits per heavy atom. The van der Waals surface area contributed by atoms with Crippen molar-refractivity contribution >= 4 is 17.7 Å². The van der Waals surface area contributed by atoms with Gasteiger partial charge in [-0.05, 0) is 26.0 Å². The first-order valence-corrected chi connectivity index (χ1v) is 6.48. The highest BCUT2D eigenvalue weighted by molar-refractivity contribution is 7.99. The van der Waals surface area contributed by atoms with Crippen molar-refractivity contribution < 1.29 is 9.53 Å². The van der Waals surface area contributed by atoms with Crippen LogP contribution in [0.3, 0.4) is 0 Å². The molecule has 1 N–H and O–H groups in total. The van der Waals surface area contributed by atoms with Gasteiger partial charge in [-0.15, -0.1) is 0 Å². The number of rotatable bonds is 5. The summed E-state index contributed by atoms with van der Waals surface area (Å²) in [7, 11) is 0. The van der Waals surface area contributed by atoms with E-state index < -0.39 is 0 Å². The first-order valence-electron chi connectivity index (χ1n) is 5.19. The predicted molar refractivity (Wildman–Crippen MR) is 59.6 cm³/mol. The van der Waals surface area contributed by atoms with Gasteiger partial charge in [-0.25, -0.2) is 0 Å². The molecule has 0 amide bonds. The van der Waals surface area contributed by atoms with Crippen molar-refractivity contribution in [3.8, 4) is 0 Å². The molecule has 1 saturated carbocycles. The summed E-state index contributed by atoms with van der Waals surface area (Å²) in [5.74, 6) is -0.140. The normalized spacial score (nSPS) is 26.4. The molecule has 3 nitrogen and oxygen atoms in total. The van der Waals surface area contributed by atoms with Crippen molar-refractivity contribution in [2.24, 2.45) is 0 Å². The summed E-state index contributed by atoms with van der Waals surface area (Å²) in [5, 5.41) is 3.94. The summed E-state index contributed by atoms with van der Waals surface area (Å²) in [6.07, 6.45) is 5.85. The topological polar surface area (TPSA) is 38.3 Å². The molecule has 0 aliphatic heterocycles. The van der Waals surface area contributed by atoms with Gasteiger partial charge in [0.15, 0.2) is 0 Å². The smallest absolute Gasteiger partial charge is 0.319 e. The Kier molecular flexibility index (Phi) is 5.33. The number of hydrogen-bond donors (Lipinski definition) is 1. The van der Waals surface area contributed by atoms with E-state index in [0.717, 1.165) is 0 Å². The first kappa shape index (κ1) is 11.9. The second-order valence-electron chi connectivity index (χ2n) is 3.50. The van der Waals surface area contributed by atoms with Gasteiger partial charge in [0.25, 0.3) is 0 Å². The zero-order valence-corrected chi connectivity index (χ0v) is 9.73. The molecule has 1 rings (SSSR count). The van der Waals surface area contributed by atoms with Gasteiger partial charge in [0.2, 0.25) is 0 Å². The number of carbonyl (C=O) groups is 1. The highest BCUT2D eigenvalue weighted by atomic mass is 32.2. The lowest BCUT2D eigenvalue weighted by molar-refractivity contribution is -0.142. The van der Waals surface area contributed by atoms with Crippen molar-refractivity contribution in [1.82, 2.24) is 5.32 Å². The molecule has 0 spiro atoms. The first-order chi connectivity index (χ1) is 6.77. The zero-order valence-electron chi connectivity index (χ0n) is 8.91. The summed E-state index contributed by atoms with van der Waals surface area (Å²) in [6, 6.07) is 0.495. The molecule has 2 unspecified atom stereocenters. The molecular formula is C10H19NO2S. The predicted octanol–water partition coefficient (Wildman–Crippen LogP) is 1.42. The van der Waals surface area contributed by atoms with Gasteiger partial charge >= 0.3 is 5.97 Å². The summed E-state index contributed by atoms with van der Waals surface area (Å²) in [4.78, 5) is 11.1. The number of thioether (sulfide) groups is 1. The molecule has 0 heterocycles. The van der Waals surface area contributed by atoms with Crippen LogP contribution in [0.4, 0.5) is 0 Å². The summed E-state index contributed by atoms with van der Waals surface area (Å²) in [5.41, 5.74) is 0. The van der Waals surface area contributed by atoms with E-state index in [-0.39, 0.29) is 5.97 Å². The maximum absolute atomic E-state index is 11.1. The third-order valence-electron chi connectivity index (χ3n) is 2.57. The Morgan fingerprint density at radius 2 is 2.36 bits per heavy atom. The molecule has 1 aliphatic rings. The van der Waals surface area contributed by atoms with Crippen LogP contribution < -0.4 is 5.32 Å². The molecule has 1 aliphatic carbocycles. The van der Waals surface area contributed by atoms with Gasteiger partial charge in [0.1, 0.15) is 0 Å². The number of nitrogens with one attached hydrogen (secondary N) is 1. The minimum atomic E-state index is -0.140. The van der Waals surface area contributed by atoms with Crippen molar-refractivity contribution in [1.29, 1.82) is 0 Å². The van der Waals surface area contributed by atoms with Crippen LogP contribution in [0.2, 0.25) is 0 Å². The Hall–Kier alpha value is -0.220. The highest BCUT2D eigenvalue weighted by Crippen LogP contribution is 2.28. The van der Waals surface area contributed by atoms with Crippen LogP contribution in [0.15, 0.2) is 0 Å². The molecule has 0 bridgehead atoms. The van der Waals surface area contributed by atoms with Crippen LogP contribution in [0.25, 0.3) is 0 Å². The van der Waals surface area contributed by atoms with Crippen molar-refractivity contribution in [2.75, 3.05) is 19.4 Å². The molecule has 1 fully saturated rings. The molecule has 2 atom stereocenters. The molecule has 0 aromatic heterocycles. The molecule has 0 saturated heterocycles. The number of esters is 1. The molecule has 14 heavy (non-hydrogen) atoms. The second-order valence-corrected chi connectivity index (χ2v) is 4.57. The van der Waals surface area contributed by atoms with Gasteiger partial charge in [0, 0.05) is 11.3 Å². The van der Waals surface area contributed by atoms with E-state index in [9.17, 15) is 4.79 Å². The standard InChI is InChI=1S/C10H19NO2S/c1-3-13-10(12)7-11-8-5-4-6-9(8)14-2/h8-9,11H,3-7H2,1-2H3. The van der Waals surface area contributed by atoms with Crippen molar-refractivity contribution in [3.05, 3.63) is 0 Å². The fourth-order valence-electron chi connectivity index (χ4n) is 1.87. The molecule has 4 heteroatoms. The number of hydrogen-bond acceptors (Lipinski definition) is 4. The molecule has 82 valence electrons. The maximum Gasteiger partial charge on any atom is 0.319 e. The Bertz CT molecular complexity index is 187. The summed E-state index contributed by atoms with van der Waals surface area (Å²) >= 11 is 1.89. The van der Waals surface area contributed by atoms with E-state index in [0.29, 0.717) is 24.4 Å². The van der Waals surface area contributed by atoms with Crippen LogP contribution in [-0.2, 0) is 9.53 Å². The van der Waals surface area contributed by atoms with E-state index in [4.69, 9.17) is 4.74 Å². The van der Waals surface area contributed by atoms with Crippen molar-refractivity contribution in [3.63, 3.8) is 0 Å². The van der Waals surface area contributed by atoms with Crippen LogP contribution >= 0.6 is 11.8 Å². The monoisotopic (exact) mass is 217 g/mol. The molecular weight excluding hydrogens is 198 g/mol. The minimum Gasteiger partial charge on any atom is -0.465 e. The minimum absolute atomic E-state index is 0.140. The van der Waals surface area contributed by atoms with Gasteiger partial charge in [-0.2, -0.15) is 11.8 Å². The van der Waals surface area contributed by atoms with E-state index in [1.165, 1.54) is 19.3 Å². The van der Waals surface area contributed by atoms with E-state index in [1.54, 1.807) is 0 Å². The van der Waals surface area contributed by atoms with Gasteiger partial charge in [-0.3, -0.25) is 4.79 Å². The third kappa shape index (κ3) is 3.50.